The fraction of sp³-hybridized carbons (Fsp3) is 0.545. The Morgan fingerprint density at radius 3 is 2.89 bits per heavy atom. The van der Waals surface area contributed by atoms with Crippen LogP contribution in [-0.4, -0.2) is 46.3 Å². The molecule has 0 aromatic rings. The number of guanidine groups is 1. The van der Waals surface area contributed by atoms with Gasteiger partial charge in [-0.1, -0.05) is 6.58 Å². The van der Waals surface area contributed by atoms with Gasteiger partial charge in [0.25, 0.3) is 0 Å². The Bertz CT molecular complexity index is 402. The number of carbonyl (C=O) groups is 1. The SMILES string of the molecule is C=C1CN(C(=O)NC(C)C)CC/N=C(N)\N=C/1I. The van der Waals surface area contributed by atoms with E-state index < -0.39 is 0 Å². The maximum atomic E-state index is 12.0. The molecule has 0 unspecified atom stereocenters. The van der Waals surface area contributed by atoms with Crippen molar-refractivity contribution in [2.45, 2.75) is 19.9 Å². The third-order valence-electron chi connectivity index (χ3n) is 2.23. The number of carbonyl (C=O) groups excluding carboxylic acids is 1. The lowest BCUT2D eigenvalue weighted by Gasteiger charge is -2.23. The average molecular weight is 363 g/mol. The summed E-state index contributed by atoms with van der Waals surface area (Å²) in [6, 6.07) is -0.0225. The highest BCUT2D eigenvalue weighted by atomic mass is 127. The minimum Gasteiger partial charge on any atom is -0.368 e. The first kappa shape index (κ1) is 14.9. The van der Waals surface area contributed by atoms with Crippen LogP contribution in [0.5, 0.6) is 0 Å². The molecule has 0 aromatic heterocycles. The molecule has 0 saturated heterocycles. The number of nitrogens with two attached hydrogens (primary N) is 1. The zero-order valence-corrected chi connectivity index (χ0v) is 12.8. The van der Waals surface area contributed by atoms with Crippen molar-refractivity contribution in [2.75, 3.05) is 19.6 Å². The maximum Gasteiger partial charge on any atom is 0.317 e. The van der Waals surface area contributed by atoms with Crippen molar-refractivity contribution >= 4 is 38.3 Å². The molecule has 0 bridgehead atoms. The predicted molar refractivity (Wildman–Crippen MR) is 82.3 cm³/mol. The van der Waals surface area contributed by atoms with Crippen molar-refractivity contribution in [1.82, 2.24) is 10.2 Å². The molecule has 7 heteroatoms. The first-order chi connectivity index (χ1) is 8.40. The summed E-state index contributed by atoms with van der Waals surface area (Å²) in [6.45, 7) is 9.13. The second kappa shape index (κ2) is 6.72. The summed E-state index contributed by atoms with van der Waals surface area (Å²) in [5.41, 5.74) is 6.38. The molecule has 18 heavy (non-hydrogen) atoms. The van der Waals surface area contributed by atoms with Crippen LogP contribution in [0.1, 0.15) is 13.8 Å². The van der Waals surface area contributed by atoms with Gasteiger partial charge in [-0.25, -0.2) is 14.8 Å². The van der Waals surface area contributed by atoms with Gasteiger partial charge in [-0.2, -0.15) is 0 Å². The van der Waals surface area contributed by atoms with E-state index in [2.05, 4.69) is 21.9 Å². The molecule has 0 aromatic carbocycles. The number of hydrogen-bond acceptors (Lipinski definition) is 4. The Morgan fingerprint density at radius 1 is 1.61 bits per heavy atom. The van der Waals surface area contributed by atoms with Crippen LogP contribution in [0.2, 0.25) is 0 Å². The van der Waals surface area contributed by atoms with Gasteiger partial charge in [0.15, 0.2) is 0 Å². The van der Waals surface area contributed by atoms with E-state index in [1.165, 1.54) is 0 Å². The van der Waals surface area contributed by atoms with Crippen molar-refractivity contribution in [3.8, 4) is 0 Å². The number of nitrogens with zero attached hydrogens (tertiary/aromatic N) is 3. The Morgan fingerprint density at radius 2 is 2.28 bits per heavy atom. The lowest BCUT2D eigenvalue weighted by Crippen LogP contribution is -2.45. The van der Waals surface area contributed by atoms with Crippen LogP contribution < -0.4 is 11.1 Å². The lowest BCUT2D eigenvalue weighted by atomic mass is 10.3. The Labute approximate surface area is 121 Å². The van der Waals surface area contributed by atoms with Crippen LogP contribution >= 0.6 is 22.6 Å². The topological polar surface area (TPSA) is 83.1 Å². The van der Waals surface area contributed by atoms with E-state index in [0.29, 0.717) is 23.4 Å². The minimum absolute atomic E-state index is 0.0969. The van der Waals surface area contributed by atoms with Gasteiger partial charge in [0.2, 0.25) is 5.96 Å². The first-order valence-corrected chi connectivity index (χ1v) is 6.75. The zero-order chi connectivity index (χ0) is 13.7. The van der Waals surface area contributed by atoms with E-state index in [0.717, 1.165) is 5.57 Å². The van der Waals surface area contributed by atoms with Crippen molar-refractivity contribution in [3.63, 3.8) is 0 Å². The molecule has 1 rings (SSSR count). The van der Waals surface area contributed by atoms with Gasteiger partial charge in [0.05, 0.1) is 6.54 Å². The zero-order valence-electron chi connectivity index (χ0n) is 10.6. The van der Waals surface area contributed by atoms with E-state index in [1.807, 2.05) is 36.4 Å². The highest BCUT2D eigenvalue weighted by Crippen LogP contribution is 2.08. The third-order valence-corrected chi connectivity index (χ3v) is 3.23. The van der Waals surface area contributed by atoms with Gasteiger partial charge >= 0.3 is 6.03 Å². The summed E-state index contributed by atoms with van der Waals surface area (Å²) in [5, 5.41) is 2.85. The van der Waals surface area contributed by atoms with E-state index in [1.54, 1.807) is 4.90 Å². The van der Waals surface area contributed by atoms with Gasteiger partial charge in [0, 0.05) is 19.1 Å². The van der Waals surface area contributed by atoms with Crippen LogP contribution in [-0.2, 0) is 0 Å². The second-order valence-corrected chi connectivity index (χ2v) is 5.29. The molecule has 0 saturated carbocycles. The molecule has 6 nitrogen and oxygen atoms in total. The molecule has 1 heterocycles. The molecule has 1 aliphatic rings. The first-order valence-electron chi connectivity index (χ1n) is 5.68. The van der Waals surface area contributed by atoms with Crippen molar-refractivity contribution in [1.29, 1.82) is 0 Å². The largest absolute Gasteiger partial charge is 0.368 e. The molecule has 0 radical (unpaired) electrons. The van der Waals surface area contributed by atoms with Crippen molar-refractivity contribution < 1.29 is 4.79 Å². The van der Waals surface area contributed by atoms with Gasteiger partial charge in [-0.15, -0.1) is 0 Å². The monoisotopic (exact) mass is 363 g/mol. The molecule has 0 fully saturated rings. The number of nitrogens with one attached hydrogen (secondary N) is 1. The number of amides is 2. The van der Waals surface area contributed by atoms with Gasteiger partial charge in [-0.05, 0) is 42.0 Å². The number of urea groups is 1. The van der Waals surface area contributed by atoms with E-state index >= 15 is 0 Å². The summed E-state index contributed by atoms with van der Waals surface area (Å²) in [5.74, 6) is 0.228. The molecule has 0 atom stereocenters. The summed E-state index contributed by atoms with van der Waals surface area (Å²) < 4.78 is 0.679. The standard InChI is InChI=1S/C11H18IN5O/c1-7(2)15-11(18)17-5-4-14-10(13)16-9(12)8(3)6-17/h7H,3-6H2,1-2H3,(H2,13,14)(H,15,18)/b16-9+. The van der Waals surface area contributed by atoms with E-state index in [4.69, 9.17) is 5.73 Å². The normalized spacial score (nSPS) is 23.3. The molecule has 2 amide bonds. The molecule has 0 spiro atoms. The molecular formula is C11H18IN5O. The van der Waals surface area contributed by atoms with E-state index in [-0.39, 0.29) is 18.0 Å². The van der Waals surface area contributed by atoms with Crippen LogP contribution in [0.3, 0.4) is 0 Å². The molecule has 3 N–H and O–H groups in total. The van der Waals surface area contributed by atoms with E-state index in [9.17, 15) is 4.79 Å². The highest BCUT2D eigenvalue weighted by molar-refractivity contribution is 14.1. The molecule has 100 valence electrons. The third kappa shape index (κ3) is 4.63. The maximum absolute atomic E-state index is 12.0. The summed E-state index contributed by atoms with van der Waals surface area (Å²) in [7, 11) is 0. The van der Waals surface area contributed by atoms with Crippen LogP contribution in [0.15, 0.2) is 22.1 Å². The molecular weight excluding hydrogens is 345 g/mol. The molecule has 0 aliphatic carbocycles. The summed E-state index contributed by atoms with van der Waals surface area (Å²) >= 11 is 2.05. The highest BCUT2D eigenvalue weighted by Gasteiger charge is 2.17. The molecule has 1 aliphatic heterocycles. The number of aliphatic imine (C=N–C) groups is 2. The van der Waals surface area contributed by atoms with Gasteiger partial charge < -0.3 is 16.0 Å². The summed E-state index contributed by atoms with van der Waals surface area (Å²) in [4.78, 5) is 21.8. The Kier molecular flexibility index (Phi) is 5.57. The Balaban J connectivity index is 2.81. The fourth-order valence-corrected chi connectivity index (χ4v) is 1.80. The van der Waals surface area contributed by atoms with Gasteiger partial charge in [-0.3, -0.25) is 0 Å². The van der Waals surface area contributed by atoms with Crippen LogP contribution in [0.4, 0.5) is 4.79 Å². The Hall–Kier alpha value is -1.12. The predicted octanol–water partition coefficient (Wildman–Crippen LogP) is 1.12. The van der Waals surface area contributed by atoms with Gasteiger partial charge in [0.1, 0.15) is 3.72 Å². The van der Waals surface area contributed by atoms with Crippen LogP contribution in [0, 0.1) is 0 Å². The smallest absolute Gasteiger partial charge is 0.317 e. The summed E-state index contributed by atoms with van der Waals surface area (Å²) in [6.07, 6.45) is 0. The number of hydrogen-bond donors (Lipinski definition) is 2. The minimum atomic E-state index is -0.119. The average Bonchev–Trinajstić information content (AvgIpc) is 2.30. The number of halogens is 1. The van der Waals surface area contributed by atoms with Crippen LogP contribution in [0.25, 0.3) is 0 Å². The quantitative estimate of drug-likeness (QED) is 0.685. The number of rotatable bonds is 1. The second-order valence-electron chi connectivity index (χ2n) is 4.27. The van der Waals surface area contributed by atoms with Crippen molar-refractivity contribution in [3.05, 3.63) is 12.2 Å². The van der Waals surface area contributed by atoms with Crippen molar-refractivity contribution in [2.24, 2.45) is 15.7 Å². The fourth-order valence-electron chi connectivity index (χ4n) is 1.39. The lowest BCUT2D eigenvalue weighted by molar-refractivity contribution is 0.201.